The van der Waals surface area contributed by atoms with Crippen LogP contribution >= 0.6 is 0 Å². The number of nitrogens with zero attached hydrogens (tertiary/aromatic N) is 1. The van der Waals surface area contributed by atoms with Crippen molar-refractivity contribution in [3.05, 3.63) is 45.7 Å². The molecule has 1 aliphatic carbocycles. The van der Waals surface area contributed by atoms with Crippen molar-refractivity contribution in [3.8, 4) is 0 Å². The van der Waals surface area contributed by atoms with Crippen molar-refractivity contribution in [1.82, 2.24) is 0 Å². The number of hydrogen-bond acceptors (Lipinski definition) is 4. The number of oxime groups is 1. The molecule has 0 heterocycles. The summed E-state index contributed by atoms with van der Waals surface area (Å²) in [4.78, 5) is 17.8. The fraction of sp³-hybridized carbons (Fsp3) is 0.500. The normalized spacial score (nSPS) is 18.2. The monoisotopic (exact) mass is 353 g/mol. The number of rotatable bonds is 5. The molecule has 0 amide bonds. The molecule has 0 saturated carbocycles. The second-order valence-corrected chi connectivity index (χ2v) is 6.47. The maximum atomic E-state index is 12.7. The van der Waals surface area contributed by atoms with E-state index in [1.165, 1.54) is 22.3 Å². The fourth-order valence-electron chi connectivity index (χ4n) is 3.69. The van der Waals surface area contributed by atoms with Crippen LogP contribution in [0.3, 0.4) is 0 Å². The summed E-state index contributed by atoms with van der Waals surface area (Å²) in [5.41, 5.74) is 5.65. The Morgan fingerprint density at radius 2 is 1.84 bits per heavy atom. The smallest absolute Gasteiger partial charge is 1.00 e. The number of Topliss-reactive ketones (excluding diaryl/α,β-unsaturated/α-hetero) is 1. The van der Waals surface area contributed by atoms with Crippen LogP contribution in [0.4, 0.5) is 0 Å². The van der Waals surface area contributed by atoms with Gasteiger partial charge in [0.2, 0.25) is 0 Å². The van der Waals surface area contributed by atoms with Crippen LogP contribution in [0, 0.1) is 20.8 Å². The van der Waals surface area contributed by atoms with Gasteiger partial charge < -0.3 is 11.4 Å². The summed E-state index contributed by atoms with van der Waals surface area (Å²) in [7, 11) is 0. The van der Waals surface area contributed by atoms with Crippen LogP contribution in [0.15, 0.2) is 28.6 Å². The minimum atomic E-state index is -0.0524. The Bertz CT molecular complexity index is 690. The van der Waals surface area contributed by atoms with E-state index in [4.69, 9.17) is 4.84 Å². The Balaban J connectivity index is 0.00000312. The van der Waals surface area contributed by atoms with E-state index in [0.717, 1.165) is 0 Å². The first-order valence-corrected chi connectivity index (χ1v) is 8.61. The molecule has 0 aliphatic heterocycles. The van der Waals surface area contributed by atoms with E-state index in [1.807, 2.05) is 13.8 Å². The molecule has 1 aliphatic rings. The van der Waals surface area contributed by atoms with Gasteiger partial charge in [-0.2, -0.15) is 0 Å². The van der Waals surface area contributed by atoms with Crippen molar-refractivity contribution < 1.29 is 45.7 Å². The molecule has 5 heteroatoms. The van der Waals surface area contributed by atoms with Gasteiger partial charge >= 0.3 is 29.6 Å². The molecule has 0 bridgehead atoms. The van der Waals surface area contributed by atoms with Crippen LogP contribution in [-0.2, 0) is 9.63 Å². The Morgan fingerprint density at radius 1 is 1.24 bits per heavy atom. The summed E-state index contributed by atoms with van der Waals surface area (Å²) in [6.07, 6.45) is 1.42. The average Bonchev–Trinajstić information content (AvgIpc) is 2.48. The molecule has 2 rings (SSSR count). The molecular weight excluding hydrogens is 325 g/mol. The first kappa shape index (κ1) is 21.9. The summed E-state index contributed by atoms with van der Waals surface area (Å²) < 4.78 is 0. The molecule has 25 heavy (non-hydrogen) atoms. The van der Waals surface area contributed by atoms with E-state index >= 15 is 0 Å². The number of hydrogen-bond donors (Lipinski definition) is 1. The fourth-order valence-corrected chi connectivity index (χ4v) is 3.69. The third-order valence-corrected chi connectivity index (χ3v) is 4.51. The van der Waals surface area contributed by atoms with Gasteiger partial charge in [-0.3, -0.25) is 4.79 Å². The Hall–Kier alpha value is -1.10. The van der Waals surface area contributed by atoms with Gasteiger partial charge in [-0.05, 0) is 56.7 Å². The van der Waals surface area contributed by atoms with Gasteiger partial charge in [0.25, 0.3) is 0 Å². The number of allylic oxidation sites excluding steroid dienone is 2. The predicted molar refractivity (Wildman–Crippen MR) is 97.8 cm³/mol. The molecular formula is C20H28NNaO3. The zero-order chi connectivity index (χ0) is 17.9. The van der Waals surface area contributed by atoms with Gasteiger partial charge in [-0.25, -0.2) is 0 Å². The Morgan fingerprint density at radius 3 is 2.32 bits per heavy atom. The number of carbonyl (C=O) groups is 1. The largest absolute Gasteiger partial charge is 1.00 e. The number of aliphatic hydroxyl groups excluding tert-OH is 1. The van der Waals surface area contributed by atoms with E-state index in [-0.39, 0.29) is 48.4 Å². The summed E-state index contributed by atoms with van der Waals surface area (Å²) in [6.45, 7) is 10.4. The van der Waals surface area contributed by atoms with Gasteiger partial charge in [0.05, 0.1) is 11.3 Å². The predicted octanol–water partition coefficient (Wildman–Crippen LogP) is 1.79. The molecule has 1 unspecified atom stereocenters. The zero-order valence-electron chi connectivity index (χ0n) is 17.3. The topological polar surface area (TPSA) is 58.9 Å². The Kier molecular flexibility index (Phi) is 8.39. The molecule has 0 saturated heterocycles. The van der Waals surface area contributed by atoms with Crippen molar-refractivity contribution in [1.29, 1.82) is 0 Å². The number of aryl methyl sites for hydroxylation is 3. The van der Waals surface area contributed by atoms with Crippen molar-refractivity contribution in [2.75, 3.05) is 6.61 Å². The van der Waals surface area contributed by atoms with E-state index in [9.17, 15) is 9.90 Å². The minimum Gasteiger partial charge on any atom is -1.00 e. The van der Waals surface area contributed by atoms with Crippen molar-refractivity contribution in [3.63, 3.8) is 0 Å². The van der Waals surface area contributed by atoms with E-state index in [0.29, 0.717) is 37.2 Å². The summed E-state index contributed by atoms with van der Waals surface area (Å²) in [5, 5.41) is 14.5. The van der Waals surface area contributed by atoms with Gasteiger partial charge in [0, 0.05) is 12.8 Å². The first-order valence-electron chi connectivity index (χ1n) is 8.61. The standard InChI is InChI=1S/C20H27NO3.Na.H/c1-6-16(21-24-7-2)20-17(22)10-15(11-18(20)23)19-13(4)8-12(3)9-14(19)5;;/h8-9,15,22H,6-7,10-11H2,1-5H3;;/q;+1;-1. The molecule has 4 nitrogen and oxygen atoms in total. The molecule has 0 aromatic heterocycles. The third-order valence-electron chi connectivity index (χ3n) is 4.51. The molecule has 0 fully saturated rings. The second kappa shape index (κ2) is 9.56. The number of ketones is 1. The summed E-state index contributed by atoms with van der Waals surface area (Å²) in [6, 6.07) is 4.27. The molecule has 1 atom stereocenters. The van der Waals surface area contributed by atoms with Crippen LogP contribution in [0.1, 0.15) is 62.7 Å². The molecule has 1 aromatic carbocycles. The summed E-state index contributed by atoms with van der Waals surface area (Å²) >= 11 is 0. The maximum Gasteiger partial charge on any atom is 1.00 e. The molecule has 1 N–H and O–H groups in total. The van der Waals surface area contributed by atoms with E-state index < -0.39 is 0 Å². The van der Waals surface area contributed by atoms with Crippen molar-refractivity contribution >= 4 is 11.5 Å². The van der Waals surface area contributed by atoms with Crippen molar-refractivity contribution in [2.24, 2.45) is 5.16 Å². The van der Waals surface area contributed by atoms with Gasteiger partial charge in [-0.1, -0.05) is 29.8 Å². The second-order valence-electron chi connectivity index (χ2n) is 6.47. The SMILES string of the molecule is CCON=C(CC)C1=C(O)CC(c2c(C)cc(C)cc2C)CC1=O.[H-].[Na+]. The molecule has 0 spiro atoms. The molecule has 1 aromatic rings. The van der Waals surface area contributed by atoms with Gasteiger partial charge in [0.1, 0.15) is 12.4 Å². The molecule has 0 radical (unpaired) electrons. The summed E-state index contributed by atoms with van der Waals surface area (Å²) in [5.74, 6) is 0.103. The quantitative estimate of drug-likeness (QED) is 0.499. The minimum absolute atomic E-state index is 0. The van der Waals surface area contributed by atoms with E-state index in [2.05, 4.69) is 38.1 Å². The average molecular weight is 353 g/mol. The third kappa shape index (κ3) is 4.96. The van der Waals surface area contributed by atoms with Crippen LogP contribution in [0.5, 0.6) is 0 Å². The van der Waals surface area contributed by atoms with Gasteiger partial charge in [0.15, 0.2) is 5.78 Å². The van der Waals surface area contributed by atoms with Crippen LogP contribution in [-0.4, -0.2) is 23.2 Å². The maximum absolute atomic E-state index is 12.7. The Labute approximate surface area is 174 Å². The van der Waals surface area contributed by atoms with E-state index in [1.54, 1.807) is 0 Å². The number of benzene rings is 1. The van der Waals surface area contributed by atoms with Gasteiger partial charge in [-0.15, -0.1) is 0 Å². The first-order chi connectivity index (χ1) is 11.4. The van der Waals surface area contributed by atoms with Crippen molar-refractivity contribution in [2.45, 2.75) is 59.8 Å². The molecule has 132 valence electrons. The van der Waals surface area contributed by atoms with Crippen LogP contribution in [0.25, 0.3) is 0 Å². The number of carbonyl (C=O) groups excluding carboxylic acids is 1. The zero-order valence-corrected chi connectivity index (χ0v) is 18.3. The number of aliphatic hydroxyl groups is 1. The van der Waals surface area contributed by atoms with Crippen LogP contribution in [0.2, 0.25) is 0 Å². The van der Waals surface area contributed by atoms with Crippen LogP contribution < -0.4 is 29.6 Å².